The predicted molar refractivity (Wildman–Crippen MR) is 201 cm³/mol. The van der Waals surface area contributed by atoms with E-state index in [-0.39, 0.29) is 56.4 Å². The van der Waals surface area contributed by atoms with Gasteiger partial charge in [0.15, 0.2) is 5.78 Å². The molecule has 0 radical (unpaired) electrons. The van der Waals surface area contributed by atoms with Crippen molar-refractivity contribution in [2.45, 2.75) is 36.5 Å². The number of rotatable bonds is 10. The minimum Gasteiger partial charge on any atom is -0.456 e. The molecule has 0 bridgehead atoms. The van der Waals surface area contributed by atoms with E-state index in [2.05, 4.69) is 4.98 Å². The fourth-order valence-corrected chi connectivity index (χ4v) is 7.00. The number of benzene rings is 5. The van der Waals surface area contributed by atoms with Crippen LogP contribution in [0.25, 0.3) is 11.1 Å². The number of hydrogen-bond donors (Lipinski definition) is 1. The van der Waals surface area contributed by atoms with Gasteiger partial charge in [0, 0.05) is 29.1 Å². The third kappa shape index (κ3) is 7.96. The Kier molecular flexibility index (Phi) is 11.1. The number of nitrogens with zero attached hydrogens (tertiary/aromatic N) is 3. The lowest BCUT2D eigenvalue weighted by atomic mass is 9.73. The van der Waals surface area contributed by atoms with Gasteiger partial charge in [0.25, 0.3) is 10.1 Å². The molecule has 0 saturated carbocycles. The van der Waals surface area contributed by atoms with Crippen LogP contribution in [0.15, 0.2) is 126 Å². The molecule has 0 fully saturated rings. The minimum absolute atomic E-state index is 0.00890. The van der Waals surface area contributed by atoms with E-state index in [0.29, 0.717) is 35.4 Å². The number of carbonyl (C=O) groups is 1. The van der Waals surface area contributed by atoms with Crippen molar-refractivity contribution in [3.63, 3.8) is 0 Å². The second-order valence-corrected chi connectivity index (χ2v) is 14.5. The third-order valence-electron chi connectivity index (χ3n) is 9.35. The molecule has 1 N–H and O–H groups in total. The molecule has 0 aliphatic heterocycles. The Bertz CT molecular complexity index is 2780. The van der Waals surface area contributed by atoms with Crippen LogP contribution >= 0.6 is 0 Å². The van der Waals surface area contributed by atoms with Crippen molar-refractivity contribution in [3.05, 3.63) is 166 Å². The summed E-state index contributed by atoms with van der Waals surface area (Å²) in [6, 6.07) is 24.6. The molecule has 6 aromatic rings. The van der Waals surface area contributed by atoms with E-state index in [9.17, 15) is 54.6 Å². The van der Waals surface area contributed by atoms with E-state index in [1.807, 2.05) is 12.1 Å². The van der Waals surface area contributed by atoms with Crippen molar-refractivity contribution in [2.75, 3.05) is 0 Å². The molecule has 59 heavy (non-hydrogen) atoms. The number of aryl methyl sites for hydroxylation is 2. The average Bonchev–Trinajstić information content (AvgIpc) is 3.18. The number of aromatic nitrogens is 1. The van der Waals surface area contributed by atoms with Gasteiger partial charge < -0.3 is 9.47 Å². The number of hydrogen-bond acceptors (Lipinski definition) is 8. The Balaban J connectivity index is 1.36. The molecule has 0 aliphatic carbocycles. The number of ketones is 1. The number of carbonyl (C=O) groups excluding carboxylic acids is 1. The Morgan fingerprint density at radius 2 is 1.20 bits per heavy atom. The molecule has 0 spiro atoms. The Labute approximate surface area is 333 Å². The largest absolute Gasteiger partial charge is 0.456 e. The average molecular weight is 828 g/mol. The third-order valence-corrected chi connectivity index (χ3v) is 10.2. The molecule has 9 nitrogen and oxygen atoms in total. The van der Waals surface area contributed by atoms with Gasteiger partial charge in [-0.15, -0.1) is 0 Å². The van der Waals surface area contributed by atoms with Gasteiger partial charge in [-0.3, -0.25) is 14.3 Å². The zero-order valence-corrected chi connectivity index (χ0v) is 31.4. The van der Waals surface area contributed by atoms with Gasteiger partial charge in [-0.05, 0) is 84.6 Å². The van der Waals surface area contributed by atoms with Crippen LogP contribution in [-0.4, -0.2) is 36.1 Å². The van der Waals surface area contributed by atoms with Gasteiger partial charge >= 0.3 is 12.4 Å². The summed E-state index contributed by atoms with van der Waals surface area (Å²) in [5.41, 5.74) is -5.57. The minimum atomic E-state index is -5.91. The molecule has 5 aromatic carbocycles. The van der Waals surface area contributed by atoms with E-state index in [4.69, 9.17) is 9.47 Å². The number of pyridine rings is 1. The van der Waals surface area contributed by atoms with Crippen molar-refractivity contribution < 1.29 is 53.6 Å². The molecule has 0 atom stereocenters. The fraction of sp³-hybridized carbons (Fsp3) is 0.116. The zero-order valence-electron chi connectivity index (χ0n) is 30.6. The normalized spacial score (nSPS) is 12.0. The highest BCUT2D eigenvalue weighted by molar-refractivity contribution is 7.85. The summed E-state index contributed by atoms with van der Waals surface area (Å²) in [7, 11) is -4.71. The number of nitriles is 2. The van der Waals surface area contributed by atoms with Crippen LogP contribution in [0.5, 0.6) is 23.0 Å². The lowest BCUT2D eigenvalue weighted by molar-refractivity contribution is -0.288. The van der Waals surface area contributed by atoms with Crippen molar-refractivity contribution in [3.8, 4) is 46.3 Å². The maximum atomic E-state index is 15.0. The van der Waals surface area contributed by atoms with E-state index in [1.165, 1.54) is 36.4 Å². The quantitative estimate of drug-likeness (QED) is 0.0808. The molecular formula is C43H27F6N3O6S. The predicted octanol–water partition coefficient (Wildman–Crippen LogP) is 10.6. The highest BCUT2D eigenvalue weighted by atomic mass is 32.2. The van der Waals surface area contributed by atoms with Crippen molar-refractivity contribution >= 4 is 15.9 Å². The molecule has 298 valence electrons. The van der Waals surface area contributed by atoms with Crippen molar-refractivity contribution in [1.82, 2.24) is 4.98 Å². The monoisotopic (exact) mass is 827 g/mol. The summed E-state index contributed by atoms with van der Waals surface area (Å²) in [4.78, 5) is 16.8. The summed E-state index contributed by atoms with van der Waals surface area (Å²) in [5, 5.41) is 19.8. The van der Waals surface area contributed by atoms with Gasteiger partial charge in [0.1, 0.15) is 45.6 Å². The molecular weight excluding hydrogens is 801 g/mol. The van der Waals surface area contributed by atoms with Gasteiger partial charge in [-0.1, -0.05) is 66.2 Å². The van der Waals surface area contributed by atoms with Gasteiger partial charge in [-0.25, -0.2) is 0 Å². The summed E-state index contributed by atoms with van der Waals surface area (Å²) in [5.74, 6) is -1.16. The first-order chi connectivity index (χ1) is 27.8. The maximum Gasteiger partial charge on any atom is 0.411 e. The first-order valence-electron chi connectivity index (χ1n) is 17.1. The molecule has 16 heteroatoms. The number of alkyl halides is 6. The lowest BCUT2D eigenvalue weighted by Gasteiger charge is -2.38. The molecule has 6 rings (SSSR count). The summed E-state index contributed by atoms with van der Waals surface area (Å²) in [6.45, 7) is 3.31. The highest BCUT2D eigenvalue weighted by Gasteiger charge is 2.72. The number of halogens is 6. The summed E-state index contributed by atoms with van der Waals surface area (Å²) >= 11 is 0. The van der Waals surface area contributed by atoms with Crippen LogP contribution in [0, 0.1) is 36.5 Å². The van der Waals surface area contributed by atoms with Crippen LogP contribution in [0.2, 0.25) is 0 Å². The van der Waals surface area contributed by atoms with Crippen LogP contribution in [0.3, 0.4) is 0 Å². The Morgan fingerprint density at radius 1 is 0.678 bits per heavy atom. The second kappa shape index (κ2) is 15.7. The van der Waals surface area contributed by atoms with Crippen LogP contribution in [-0.2, 0) is 15.5 Å². The molecule has 0 amide bonds. The van der Waals surface area contributed by atoms with E-state index >= 15 is 0 Å². The van der Waals surface area contributed by atoms with Gasteiger partial charge in [0.05, 0.1) is 5.56 Å². The van der Waals surface area contributed by atoms with Crippen molar-refractivity contribution in [1.29, 1.82) is 10.5 Å². The molecule has 1 aromatic heterocycles. The smallest absolute Gasteiger partial charge is 0.411 e. The van der Waals surface area contributed by atoms with Crippen LogP contribution in [0.1, 0.15) is 49.3 Å². The Morgan fingerprint density at radius 3 is 1.71 bits per heavy atom. The van der Waals surface area contributed by atoms with Crippen molar-refractivity contribution in [2.24, 2.45) is 0 Å². The molecule has 0 saturated heterocycles. The topological polar surface area (TPSA) is 150 Å². The zero-order chi connectivity index (χ0) is 42.9. The number of ether oxygens (including phenoxy) is 2. The second-order valence-electron chi connectivity index (χ2n) is 13.1. The first-order valence-corrected chi connectivity index (χ1v) is 18.6. The molecule has 1 heterocycles. The maximum absolute atomic E-state index is 15.0. The summed E-state index contributed by atoms with van der Waals surface area (Å²) in [6.07, 6.45) is -9.87. The van der Waals surface area contributed by atoms with Gasteiger partial charge in [0.2, 0.25) is 5.41 Å². The van der Waals surface area contributed by atoms with E-state index in [0.717, 1.165) is 42.7 Å². The van der Waals surface area contributed by atoms with Crippen LogP contribution in [0.4, 0.5) is 26.3 Å². The lowest BCUT2D eigenvalue weighted by Crippen LogP contribution is -2.54. The van der Waals surface area contributed by atoms with E-state index < -0.39 is 49.7 Å². The van der Waals surface area contributed by atoms with E-state index in [1.54, 1.807) is 32.0 Å². The summed E-state index contributed by atoms with van der Waals surface area (Å²) < 4.78 is 134. The van der Waals surface area contributed by atoms with Gasteiger partial charge in [-0.2, -0.15) is 45.3 Å². The highest BCUT2D eigenvalue weighted by Crippen LogP contribution is 2.56. The standard InChI is InChI=1S/C43H27F6N3O6S/c1-25-9-18-34(35(19-25)40(53)27-20-32(24-52-23-27)59(54,55)56)33-6-4-8-39(37(33)22-51)58-31-16-12-29(13-17-31)41(42(44,45)46,43(47,48)49)28-10-14-30(15-11-28)57-38-7-3-5-26(2)36(38)21-50/h3-20,23-24H,1-2H3,(H,54,55,56). The molecule has 0 aliphatic rings. The SMILES string of the molecule is Cc1ccc(-c2cccc(Oc3ccc(C(c4ccc(Oc5cccc(C)c5C#N)cc4)(C(F)(F)F)C(F)(F)F)cc3)c2C#N)c(C(=O)c2cncc(S(=O)(=O)O)c2)c1. The Hall–Kier alpha value is -7.01. The van der Waals surface area contributed by atoms with Crippen LogP contribution < -0.4 is 9.47 Å². The fourth-order valence-electron chi connectivity index (χ4n) is 6.53. The molecule has 0 unspecified atom stereocenters. The first kappa shape index (κ1) is 41.6.